The van der Waals surface area contributed by atoms with E-state index in [1.165, 1.54) is 0 Å². The molecule has 0 saturated heterocycles. The quantitative estimate of drug-likeness (QED) is 0.754. The van der Waals surface area contributed by atoms with Crippen molar-refractivity contribution >= 4 is 0 Å². The van der Waals surface area contributed by atoms with Gasteiger partial charge in [0.15, 0.2) is 0 Å². The second-order valence-electron chi connectivity index (χ2n) is 6.84. The summed E-state index contributed by atoms with van der Waals surface area (Å²) in [5, 5.41) is 23.6. The maximum atomic E-state index is 10.1. The van der Waals surface area contributed by atoms with Crippen LogP contribution < -0.4 is 4.74 Å². The maximum absolute atomic E-state index is 10.1. The summed E-state index contributed by atoms with van der Waals surface area (Å²) in [6.07, 6.45) is 1.04. The van der Waals surface area contributed by atoms with Gasteiger partial charge in [0.05, 0.1) is 17.8 Å². The van der Waals surface area contributed by atoms with Gasteiger partial charge in [-0.3, -0.25) is 0 Å². The molecule has 1 atom stereocenters. The average Bonchev–Trinajstić information content (AvgIpc) is 3.29. The zero-order valence-corrected chi connectivity index (χ0v) is 15.1. The molecule has 0 saturated carbocycles. The fourth-order valence-corrected chi connectivity index (χ4v) is 3.40. The Hall–Kier alpha value is -3.17. The molecule has 0 spiro atoms. The third-order valence-corrected chi connectivity index (χ3v) is 4.62. The van der Waals surface area contributed by atoms with Crippen LogP contribution in [0.3, 0.4) is 0 Å². The Morgan fingerprint density at radius 3 is 2.93 bits per heavy atom. The summed E-state index contributed by atoms with van der Waals surface area (Å²) in [6.45, 7) is 3.82. The Bertz CT molecular complexity index is 1030. The molecule has 0 fully saturated rings. The summed E-state index contributed by atoms with van der Waals surface area (Å²) < 4.78 is 11.1. The molecule has 3 aromatic rings. The Labute approximate surface area is 157 Å². The fraction of sp³-hybridized carbons (Fsp3) is 0.286. The number of nitriles is 1. The van der Waals surface area contributed by atoms with Crippen LogP contribution in [0, 0.1) is 11.3 Å². The molecule has 4 rings (SSSR count). The molecule has 0 aliphatic heterocycles. The summed E-state index contributed by atoms with van der Waals surface area (Å²) >= 11 is 0. The highest BCUT2D eigenvalue weighted by atomic mass is 16.5. The van der Waals surface area contributed by atoms with Crippen molar-refractivity contribution in [2.24, 2.45) is 0 Å². The highest BCUT2D eigenvalue weighted by molar-refractivity contribution is 5.67. The van der Waals surface area contributed by atoms with Crippen molar-refractivity contribution in [3.63, 3.8) is 0 Å². The molecule has 1 aromatic heterocycles. The average molecular weight is 361 g/mol. The van der Waals surface area contributed by atoms with Crippen LogP contribution in [-0.2, 0) is 6.42 Å². The number of aliphatic hydroxyl groups excluding tert-OH is 1. The van der Waals surface area contributed by atoms with E-state index in [2.05, 4.69) is 16.2 Å². The van der Waals surface area contributed by atoms with Crippen LogP contribution in [0.25, 0.3) is 22.8 Å². The number of rotatable bonds is 4. The second-order valence-corrected chi connectivity index (χ2v) is 6.84. The van der Waals surface area contributed by atoms with Crippen LogP contribution in [0.5, 0.6) is 5.75 Å². The van der Waals surface area contributed by atoms with E-state index < -0.39 is 6.10 Å². The van der Waals surface area contributed by atoms with E-state index >= 15 is 0 Å². The molecule has 0 radical (unpaired) electrons. The summed E-state index contributed by atoms with van der Waals surface area (Å²) in [7, 11) is 0. The van der Waals surface area contributed by atoms with Crippen LogP contribution >= 0.6 is 0 Å². The monoisotopic (exact) mass is 361 g/mol. The Kier molecular flexibility index (Phi) is 4.38. The Morgan fingerprint density at radius 2 is 2.15 bits per heavy atom. The van der Waals surface area contributed by atoms with Gasteiger partial charge in [-0.15, -0.1) is 0 Å². The first kappa shape index (κ1) is 17.3. The maximum Gasteiger partial charge on any atom is 0.258 e. The number of aliphatic hydroxyl groups is 1. The Morgan fingerprint density at radius 1 is 1.30 bits per heavy atom. The van der Waals surface area contributed by atoms with Crippen molar-refractivity contribution < 1.29 is 14.4 Å². The first-order valence-corrected chi connectivity index (χ1v) is 8.92. The van der Waals surface area contributed by atoms with E-state index in [-0.39, 0.29) is 6.10 Å². The molecule has 6 nitrogen and oxygen atoms in total. The SMILES string of the molecule is CC(C)Oc1ccc(-c2nc(-c3cccc4c3CCC4O)no2)cc1C#N. The molecule has 1 N–H and O–H groups in total. The molecule has 27 heavy (non-hydrogen) atoms. The van der Waals surface area contributed by atoms with Crippen molar-refractivity contribution in [1.29, 1.82) is 5.26 Å². The fourth-order valence-electron chi connectivity index (χ4n) is 3.40. The van der Waals surface area contributed by atoms with Crippen molar-refractivity contribution in [2.45, 2.75) is 38.9 Å². The normalized spacial score (nSPS) is 15.6. The van der Waals surface area contributed by atoms with Crippen molar-refractivity contribution in [3.8, 4) is 34.7 Å². The highest BCUT2D eigenvalue weighted by Crippen LogP contribution is 2.37. The van der Waals surface area contributed by atoms with Gasteiger partial charge in [0.25, 0.3) is 5.89 Å². The number of benzene rings is 2. The number of fused-ring (bicyclic) bond motifs is 1. The molecule has 1 unspecified atom stereocenters. The minimum Gasteiger partial charge on any atom is -0.490 e. The van der Waals surface area contributed by atoms with Crippen LogP contribution in [0.1, 0.15) is 43.1 Å². The molecule has 1 heterocycles. The second kappa shape index (κ2) is 6.86. The van der Waals surface area contributed by atoms with Gasteiger partial charge in [0, 0.05) is 11.1 Å². The molecule has 1 aliphatic carbocycles. The zero-order chi connectivity index (χ0) is 19.0. The first-order chi connectivity index (χ1) is 13.1. The van der Waals surface area contributed by atoms with Crippen molar-refractivity contribution in [2.75, 3.05) is 0 Å². The molecule has 0 bridgehead atoms. The number of hydrogen-bond donors (Lipinski definition) is 1. The molecule has 136 valence electrons. The topological polar surface area (TPSA) is 92.2 Å². The standard InChI is InChI=1S/C21H19N3O3/c1-12(2)26-19-9-6-13(10-14(19)11-22)21-23-20(24-27-21)17-5-3-4-16-15(17)7-8-18(16)25/h3-6,9-10,12,18,25H,7-8H2,1-2H3. The Balaban J connectivity index is 1.69. The lowest BCUT2D eigenvalue weighted by Gasteiger charge is -2.11. The van der Waals surface area contributed by atoms with E-state index in [9.17, 15) is 10.4 Å². The van der Waals surface area contributed by atoms with Gasteiger partial charge < -0.3 is 14.4 Å². The minimum atomic E-state index is -0.432. The smallest absolute Gasteiger partial charge is 0.258 e. The molecular weight excluding hydrogens is 342 g/mol. The van der Waals surface area contributed by atoms with Gasteiger partial charge in [-0.1, -0.05) is 23.4 Å². The van der Waals surface area contributed by atoms with E-state index in [0.29, 0.717) is 35.0 Å². The van der Waals surface area contributed by atoms with Crippen LogP contribution in [-0.4, -0.2) is 21.4 Å². The van der Waals surface area contributed by atoms with E-state index in [1.807, 2.05) is 32.0 Å². The van der Waals surface area contributed by atoms with Crippen molar-refractivity contribution in [3.05, 3.63) is 53.1 Å². The van der Waals surface area contributed by atoms with Gasteiger partial charge in [0.1, 0.15) is 11.8 Å². The largest absolute Gasteiger partial charge is 0.490 e. The zero-order valence-electron chi connectivity index (χ0n) is 15.1. The van der Waals surface area contributed by atoms with E-state index in [0.717, 1.165) is 23.1 Å². The van der Waals surface area contributed by atoms with E-state index in [1.54, 1.807) is 18.2 Å². The third kappa shape index (κ3) is 3.18. The first-order valence-electron chi connectivity index (χ1n) is 8.92. The molecule has 6 heteroatoms. The third-order valence-electron chi connectivity index (χ3n) is 4.62. The number of nitrogens with zero attached hydrogens (tertiary/aromatic N) is 3. The summed E-state index contributed by atoms with van der Waals surface area (Å²) in [5.41, 5.74) is 3.95. The molecule has 0 amide bonds. The number of aromatic nitrogens is 2. The van der Waals surface area contributed by atoms with Gasteiger partial charge in [-0.2, -0.15) is 10.2 Å². The highest BCUT2D eigenvalue weighted by Gasteiger charge is 2.25. The van der Waals surface area contributed by atoms with E-state index in [4.69, 9.17) is 9.26 Å². The summed E-state index contributed by atoms with van der Waals surface area (Å²) in [5.74, 6) is 1.36. The van der Waals surface area contributed by atoms with Crippen LogP contribution in [0.15, 0.2) is 40.9 Å². The van der Waals surface area contributed by atoms with Crippen LogP contribution in [0.2, 0.25) is 0 Å². The van der Waals surface area contributed by atoms with Gasteiger partial charge >= 0.3 is 0 Å². The molecular formula is C21H19N3O3. The lowest BCUT2D eigenvalue weighted by Crippen LogP contribution is -2.06. The summed E-state index contributed by atoms with van der Waals surface area (Å²) in [6, 6.07) is 13.1. The number of ether oxygens (including phenoxy) is 1. The van der Waals surface area contributed by atoms with Crippen molar-refractivity contribution in [1.82, 2.24) is 10.1 Å². The molecule has 1 aliphatic rings. The lowest BCUT2D eigenvalue weighted by atomic mass is 10.0. The summed E-state index contributed by atoms with van der Waals surface area (Å²) in [4.78, 5) is 4.51. The van der Waals surface area contributed by atoms with Gasteiger partial charge in [0.2, 0.25) is 5.82 Å². The molecule has 2 aromatic carbocycles. The number of hydrogen-bond acceptors (Lipinski definition) is 6. The van der Waals surface area contributed by atoms with Gasteiger partial charge in [-0.25, -0.2) is 0 Å². The lowest BCUT2D eigenvalue weighted by molar-refractivity contribution is 0.180. The predicted octanol–water partition coefficient (Wildman–Crippen LogP) is 4.04. The minimum absolute atomic E-state index is 0.0199. The van der Waals surface area contributed by atoms with Crippen LogP contribution in [0.4, 0.5) is 0 Å². The predicted molar refractivity (Wildman–Crippen MR) is 98.9 cm³/mol. The van der Waals surface area contributed by atoms with Gasteiger partial charge in [-0.05, 0) is 56.0 Å².